The van der Waals surface area contributed by atoms with E-state index in [1.54, 1.807) is 0 Å². The van der Waals surface area contributed by atoms with E-state index in [1.165, 1.54) is 0 Å². The number of aliphatic hydroxyl groups excluding tert-OH is 1. The van der Waals surface area contributed by atoms with Gasteiger partial charge in [0.05, 0.1) is 6.61 Å². The second-order valence-corrected chi connectivity index (χ2v) is 2.63. The van der Waals surface area contributed by atoms with Crippen molar-refractivity contribution < 1.29 is 5.11 Å². The standard InChI is InChI=1S/C6H13NO.ClH/c1-5-2-6(4-8)7-3-5;/h5-8H,2-4H2,1H3;1H/t5-,6-;/m0./s1. The van der Waals surface area contributed by atoms with Crippen LogP contribution in [0, 0.1) is 5.92 Å². The van der Waals surface area contributed by atoms with E-state index >= 15 is 0 Å². The molecule has 0 aromatic carbocycles. The third-order valence-corrected chi connectivity index (χ3v) is 1.66. The second kappa shape index (κ2) is 4.09. The molecular weight excluding hydrogens is 138 g/mol. The molecule has 1 rings (SSSR count). The molecule has 0 amide bonds. The molecule has 0 spiro atoms. The lowest BCUT2D eigenvalue weighted by molar-refractivity contribution is 0.253. The highest BCUT2D eigenvalue weighted by Gasteiger charge is 2.18. The Morgan fingerprint density at radius 1 is 1.67 bits per heavy atom. The topological polar surface area (TPSA) is 32.3 Å². The predicted octanol–water partition coefficient (Wildman–Crippen LogP) is 0.398. The van der Waals surface area contributed by atoms with Crippen LogP contribution in [-0.2, 0) is 0 Å². The minimum absolute atomic E-state index is 0. The number of rotatable bonds is 1. The fourth-order valence-electron chi connectivity index (χ4n) is 1.16. The summed E-state index contributed by atoms with van der Waals surface area (Å²) >= 11 is 0. The molecule has 2 N–H and O–H groups in total. The van der Waals surface area contributed by atoms with Crippen molar-refractivity contribution in [2.45, 2.75) is 19.4 Å². The summed E-state index contributed by atoms with van der Waals surface area (Å²) in [7, 11) is 0. The molecule has 1 fully saturated rings. The predicted molar refractivity (Wildman–Crippen MR) is 39.9 cm³/mol. The molecule has 0 radical (unpaired) electrons. The minimum Gasteiger partial charge on any atom is -0.395 e. The van der Waals surface area contributed by atoms with Gasteiger partial charge in [0.15, 0.2) is 0 Å². The molecule has 1 saturated heterocycles. The van der Waals surface area contributed by atoms with E-state index in [4.69, 9.17) is 5.11 Å². The smallest absolute Gasteiger partial charge is 0.0584 e. The van der Waals surface area contributed by atoms with Crippen molar-refractivity contribution >= 4 is 12.4 Å². The van der Waals surface area contributed by atoms with Crippen molar-refractivity contribution in [1.82, 2.24) is 5.32 Å². The molecule has 2 nitrogen and oxygen atoms in total. The van der Waals surface area contributed by atoms with Crippen LogP contribution in [0.25, 0.3) is 0 Å². The molecule has 3 heteroatoms. The van der Waals surface area contributed by atoms with E-state index in [9.17, 15) is 0 Å². The Morgan fingerprint density at radius 2 is 2.33 bits per heavy atom. The molecule has 0 saturated carbocycles. The molecule has 1 aliphatic rings. The van der Waals surface area contributed by atoms with Crippen LogP contribution >= 0.6 is 12.4 Å². The Labute approximate surface area is 62.1 Å². The van der Waals surface area contributed by atoms with Gasteiger partial charge in [0.1, 0.15) is 0 Å². The Morgan fingerprint density at radius 3 is 2.56 bits per heavy atom. The first-order chi connectivity index (χ1) is 3.83. The maximum atomic E-state index is 8.62. The number of halogens is 1. The molecule has 0 aliphatic carbocycles. The van der Waals surface area contributed by atoms with Gasteiger partial charge < -0.3 is 10.4 Å². The summed E-state index contributed by atoms with van der Waals surface area (Å²) in [6.45, 7) is 3.57. The molecular formula is C6H14ClNO. The molecule has 56 valence electrons. The lowest BCUT2D eigenvalue weighted by atomic mass is 10.1. The molecule has 1 heterocycles. The Bertz CT molecular complexity index is 79.5. The zero-order valence-corrected chi connectivity index (χ0v) is 6.45. The second-order valence-electron chi connectivity index (χ2n) is 2.63. The van der Waals surface area contributed by atoms with Crippen LogP contribution in [0.2, 0.25) is 0 Å². The average molecular weight is 152 g/mol. The summed E-state index contributed by atoms with van der Waals surface area (Å²) < 4.78 is 0. The zero-order valence-electron chi connectivity index (χ0n) is 5.63. The third-order valence-electron chi connectivity index (χ3n) is 1.66. The first kappa shape index (κ1) is 9.21. The first-order valence-corrected chi connectivity index (χ1v) is 3.17. The maximum absolute atomic E-state index is 8.62. The van der Waals surface area contributed by atoms with Crippen LogP contribution in [0.5, 0.6) is 0 Å². The van der Waals surface area contributed by atoms with E-state index in [0.717, 1.165) is 18.9 Å². The van der Waals surface area contributed by atoms with Crippen LogP contribution in [0.4, 0.5) is 0 Å². The highest BCUT2D eigenvalue weighted by atomic mass is 35.5. The van der Waals surface area contributed by atoms with Crippen LogP contribution in [0.1, 0.15) is 13.3 Å². The fourth-order valence-corrected chi connectivity index (χ4v) is 1.16. The van der Waals surface area contributed by atoms with Crippen molar-refractivity contribution in [2.24, 2.45) is 5.92 Å². The van der Waals surface area contributed by atoms with Crippen molar-refractivity contribution in [3.63, 3.8) is 0 Å². The van der Waals surface area contributed by atoms with Crippen LogP contribution < -0.4 is 5.32 Å². The summed E-state index contributed by atoms with van der Waals surface area (Å²) in [5.74, 6) is 0.757. The van der Waals surface area contributed by atoms with Crippen molar-refractivity contribution in [3.05, 3.63) is 0 Å². The van der Waals surface area contributed by atoms with E-state index in [2.05, 4.69) is 12.2 Å². The third kappa shape index (κ3) is 2.52. The van der Waals surface area contributed by atoms with Crippen molar-refractivity contribution in [1.29, 1.82) is 0 Å². The summed E-state index contributed by atoms with van der Waals surface area (Å²) in [6, 6.07) is 0.380. The number of hydrogen-bond donors (Lipinski definition) is 2. The summed E-state index contributed by atoms with van der Waals surface area (Å²) in [5.41, 5.74) is 0. The van der Waals surface area contributed by atoms with E-state index in [0.29, 0.717) is 12.6 Å². The van der Waals surface area contributed by atoms with E-state index in [-0.39, 0.29) is 12.4 Å². The van der Waals surface area contributed by atoms with Gasteiger partial charge in [-0.2, -0.15) is 0 Å². The van der Waals surface area contributed by atoms with E-state index < -0.39 is 0 Å². The number of nitrogens with one attached hydrogen (secondary N) is 1. The van der Waals surface area contributed by atoms with Gasteiger partial charge in [0.25, 0.3) is 0 Å². The minimum atomic E-state index is 0. The summed E-state index contributed by atoms with van der Waals surface area (Å²) in [6.07, 6.45) is 1.14. The highest BCUT2D eigenvalue weighted by molar-refractivity contribution is 5.85. The molecule has 9 heavy (non-hydrogen) atoms. The Hall–Kier alpha value is 0.210. The van der Waals surface area contributed by atoms with Crippen molar-refractivity contribution in [3.8, 4) is 0 Å². The summed E-state index contributed by atoms with van der Waals surface area (Å²) in [4.78, 5) is 0. The molecule has 0 unspecified atom stereocenters. The van der Waals surface area contributed by atoms with Gasteiger partial charge in [0.2, 0.25) is 0 Å². The highest BCUT2D eigenvalue weighted by Crippen LogP contribution is 2.11. The lowest BCUT2D eigenvalue weighted by Crippen LogP contribution is -2.24. The summed E-state index contributed by atoms with van der Waals surface area (Å²) in [5, 5.41) is 11.8. The maximum Gasteiger partial charge on any atom is 0.0584 e. The van der Waals surface area contributed by atoms with E-state index in [1.807, 2.05) is 0 Å². The average Bonchev–Trinajstić information content (AvgIpc) is 2.14. The van der Waals surface area contributed by atoms with Crippen LogP contribution in [0.3, 0.4) is 0 Å². The first-order valence-electron chi connectivity index (χ1n) is 3.17. The molecule has 0 aromatic rings. The molecule has 1 aliphatic heterocycles. The van der Waals surface area contributed by atoms with Gasteiger partial charge in [-0.3, -0.25) is 0 Å². The molecule has 0 aromatic heterocycles. The Balaban J connectivity index is 0.000000640. The van der Waals surface area contributed by atoms with Gasteiger partial charge in [-0.15, -0.1) is 12.4 Å². The van der Waals surface area contributed by atoms with Crippen molar-refractivity contribution in [2.75, 3.05) is 13.2 Å². The van der Waals surface area contributed by atoms with Gasteiger partial charge >= 0.3 is 0 Å². The number of aliphatic hydroxyl groups is 1. The lowest BCUT2D eigenvalue weighted by Gasteiger charge is -2.02. The van der Waals surface area contributed by atoms with Gasteiger partial charge in [-0.1, -0.05) is 6.92 Å². The van der Waals surface area contributed by atoms with Gasteiger partial charge in [-0.25, -0.2) is 0 Å². The fraction of sp³-hybridized carbons (Fsp3) is 1.00. The van der Waals surface area contributed by atoms with Crippen LogP contribution in [0.15, 0.2) is 0 Å². The Kier molecular flexibility index (Phi) is 4.19. The largest absolute Gasteiger partial charge is 0.395 e. The SMILES string of the molecule is C[C@@H]1CN[C@H](CO)C1.Cl. The molecule has 2 atom stereocenters. The monoisotopic (exact) mass is 151 g/mol. The quantitative estimate of drug-likeness (QED) is 0.569. The molecule has 0 bridgehead atoms. The van der Waals surface area contributed by atoms with Crippen LogP contribution in [-0.4, -0.2) is 24.3 Å². The normalized spacial score (nSPS) is 34.0. The zero-order chi connectivity index (χ0) is 5.98. The van der Waals surface area contributed by atoms with Gasteiger partial charge in [0, 0.05) is 6.04 Å². The number of hydrogen-bond acceptors (Lipinski definition) is 2. The van der Waals surface area contributed by atoms with Gasteiger partial charge in [-0.05, 0) is 18.9 Å².